The quantitative estimate of drug-likeness (QED) is 0.824. The van der Waals surface area contributed by atoms with Crippen LogP contribution in [-0.2, 0) is 19.4 Å². The van der Waals surface area contributed by atoms with Gasteiger partial charge in [-0.3, -0.25) is 9.59 Å². The normalized spacial score (nSPS) is 24.5. The number of rotatable bonds is 4. The highest BCUT2D eigenvalue weighted by Gasteiger charge is 2.39. The molecular weight excluding hydrogens is 282 g/mol. The zero-order chi connectivity index (χ0) is 14.8. The molecular formula is C13H21NO5S. The maximum Gasteiger partial charge on any atom is 0.303 e. The first-order valence-corrected chi connectivity index (χ1v) is 8.84. The van der Waals surface area contributed by atoms with Gasteiger partial charge in [-0.2, -0.15) is 0 Å². The van der Waals surface area contributed by atoms with Crippen LogP contribution in [-0.4, -0.2) is 54.9 Å². The summed E-state index contributed by atoms with van der Waals surface area (Å²) in [5.74, 6) is -0.918. The van der Waals surface area contributed by atoms with E-state index >= 15 is 0 Å². The van der Waals surface area contributed by atoms with Crippen molar-refractivity contribution in [3.8, 4) is 0 Å². The molecule has 1 aliphatic heterocycles. The topological polar surface area (TPSA) is 91.8 Å². The summed E-state index contributed by atoms with van der Waals surface area (Å²) in [6, 6.07) is 0. The molecule has 1 aliphatic carbocycles. The van der Waals surface area contributed by atoms with E-state index in [0.29, 0.717) is 0 Å². The molecule has 2 aliphatic rings. The van der Waals surface area contributed by atoms with Gasteiger partial charge in [0.2, 0.25) is 5.91 Å². The summed E-state index contributed by atoms with van der Waals surface area (Å²) in [5.41, 5.74) is -0.417. The molecule has 0 spiro atoms. The Morgan fingerprint density at radius 3 is 2.10 bits per heavy atom. The SMILES string of the molecule is O=C(O)CC1(CC(=O)N2CCS(=O)(=O)CC2)CCCC1. The van der Waals surface area contributed by atoms with Crippen molar-refractivity contribution >= 4 is 21.7 Å². The minimum atomic E-state index is -3.00. The Labute approximate surface area is 119 Å². The Balaban J connectivity index is 1.97. The summed E-state index contributed by atoms with van der Waals surface area (Å²) in [7, 11) is -3.00. The van der Waals surface area contributed by atoms with Crippen LogP contribution in [0.25, 0.3) is 0 Å². The molecule has 1 saturated carbocycles. The van der Waals surface area contributed by atoms with Gasteiger partial charge in [-0.15, -0.1) is 0 Å². The third-order valence-electron chi connectivity index (χ3n) is 4.41. The minimum absolute atomic E-state index is 0.0185. The van der Waals surface area contributed by atoms with E-state index in [-0.39, 0.29) is 43.3 Å². The van der Waals surface area contributed by atoms with Crippen molar-refractivity contribution < 1.29 is 23.1 Å². The van der Waals surface area contributed by atoms with E-state index < -0.39 is 21.2 Å². The Morgan fingerprint density at radius 2 is 1.60 bits per heavy atom. The van der Waals surface area contributed by atoms with Gasteiger partial charge in [-0.1, -0.05) is 12.8 Å². The van der Waals surface area contributed by atoms with E-state index in [0.717, 1.165) is 25.7 Å². The fourth-order valence-corrected chi connectivity index (χ4v) is 4.46. The summed E-state index contributed by atoms with van der Waals surface area (Å²) in [6.45, 7) is 0.481. The predicted octanol–water partition coefficient (Wildman–Crippen LogP) is 0.669. The van der Waals surface area contributed by atoms with Crippen LogP contribution in [0.1, 0.15) is 38.5 Å². The number of hydrogen-bond donors (Lipinski definition) is 1. The molecule has 20 heavy (non-hydrogen) atoms. The average Bonchev–Trinajstić information content (AvgIpc) is 2.76. The average molecular weight is 303 g/mol. The standard InChI is InChI=1S/C13H21NO5S/c15-11(14-5-7-20(18,19)8-6-14)9-13(10-12(16)17)3-1-2-4-13/h1-10H2,(H,16,17). The highest BCUT2D eigenvalue weighted by atomic mass is 32.2. The van der Waals surface area contributed by atoms with E-state index in [2.05, 4.69) is 0 Å². The van der Waals surface area contributed by atoms with Crippen molar-refractivity contribution in [1.29, 1.82) is 0 Å². The molecule has 0 atom stereocenters. The largest absolute Gasteiger partial charge is 0.481 e. The number of nitrogens with zero attached hydrogens (tertiary/aromatic N) is 1. The lowest BCUT2D eigenvalue weighted by Crippen LogP contribution is -2.45. The van der Waals surface area contributed by atoms with Crippen molar-refractivity contribution in [3.63, 3.8) is 0 Å². The molecule has 114 valence electrons. The van der Waals surface area contributed by atoms with E-state index in [4.69, 9.17) is 5.11 Å². The van der Waals surface area contributed by atoms with E-state index in [1.54, 1.807) is 4.90 Å². The van der Waals surface area contributed by atoms with Crippen molar-refractivity contribution in [2.24, 2.45) is 5.41 Å². The Morgan fingerprint density at radius 1 is 1.05 bits per heavy atom. The maximum atomic E-state index is 12.3. The molecule has 0 bridgehead atoms. The van der Waals surface area contributed by atoms with Crippen molar-refractivity contribution in [2.75, 3.05) is 24.6 Å². The van der Waals surface area contributed by atoms with E-state index in [1.165, 1.54) is 0 Å². The Bertz CT molecular complexity index is 479. The van der Waals surface area contributed by atoms with Crippen LogP contribution >= 0.6 is 0 Å². The van der Waals surface area contributed by atoms with Gasteiger partial charge >= 0.3 is 5.97 Å². The van der Waals surface area contributed by atoms with Crippen LogP contribution in [0, 0.1) is 5.41 Å². The van der Waals surface area contributed by atoms with Gasteiger partial charge < -0.3 is 10.0 Å². The lowest BCUT2D eigenvalue weighted by Gasteiger charge is -2.32. The van der Waals surface area contributed by atoms with Crippen LogP contribution in [0.15, 0.2) is 0 Å². The molecule has 1 N–H and O–H groups in total. The first-order chi connectivity index (χ1) is 9.32. The van der Waals surface area contributed by atoms with Crippen LogP contribution in [0.4, 0.5) is 0 Å². The fraction of sp³-hybridized carbons (Fsp3) is 0.846. The smallest absolute Gasteiger partial charge is 0.303 e. The number of carboxylic acid groups (broad SMARTS) is 1. The monoisotopic (exact) mass is 303 g/mol. The first-order valence-electron chi connectivity index (χ1n) is 7.02. The Kier molecular flexibility index (Phi) is 4.36. The van der Waals surface area contributed by atoms with Gasteiger partial charge in [0.25, 0.3) is 0 Å². The second kappa shape index (κ2) is 5.71. The maximum absolute atomic E-state index is 12.3. The van der Waals surface area contributed by atoms with E-state index in [1.807, 2.05) is 0 Å². The lowest BCUT2D eigenvalue weighted by molar-refractivity contribution is -0.141. The number of carboxylic acids is 1. The predicted molar refractivity (Wildman–Crippen MR) is 73.0 cm³/mol. The number of amides is 1. The second-order valence-corrected chi connectivity index (χ2v) is 8.29. The summed E-state index contributed by atoms with van der Waals surface area (Å²) in [5, 5.41) is 9.03. The van der Waals surface area contributed by atoms with Gasteiger partial charge in [-0.25, -0.2) is 8.42 Å². The third kappa shape index (κ3) is 3.71. The molecule has 0 radical (unpaired) electrons. The molecule has 0 aromatic rings. The lowest BCUT2D eigenvalue weighted by atomic mass is 9.79. The number of sulfone groups is 1. The highest BCUT2D eigenvalue weighted by molar-refractivity contribution is 7.91. The van der Waals surface area contributed by atoms with Gasteiger partial charge in [0.05, 0.1) is 17.9 Å². The Hall–Kier alpha value is -1.11. The van der Waals surface area contributed by atoms with Gasteiger partial charge in [0.1, 0.15) is 0 Å². The molecule has 0 aromatic heterocycles. The summed E-state index contributed by atoms with van der Waals surface area (Å²) >= 11 is 0. The molecule has 6 nitrogen and oxygen atoms in total. The van der Waals surface area contributed by atoms with Gasteiger partial charge in [-0.05, 0) is 18.3 Å². The van der Waals surface area contributed by atoms with Crippen molar-refractivity contribution in [2.45, 2.75) is 38.5 Å². The highest BCUT2D eigenvalue weighted by Crippen LogP contribution is 2.44. The molecule has 1 heterocycles. The summed E-state index contributed by atoms with van der Waals surface area (Å²) in [4.78, 5) is 24.9. The number of carbonyl (C=O) groups excluding carboxylic acids is 1. The van der Waals surface area contributed by atoms with Crippen molar-refractivity contribution in [3.05, 3.63) is 0 Å². The number of carbonyl (C=O) groups is 2. The number of hydrogen-bond acceptors (Lipinski definition) is 4. The molecule has 2 rings (SSSR count). The zero-order valence-corrected chi connectivity index (χ0v) is 12.3. The van der Waals surface area contributed by atoms with Gasteiger partial charge in [0, 0.05) is 19.5 Å². The molecule has 2 fully saturated rings. The number of aliphatic carboxylic acids is 1. The molecule has 1 saturated heterocycles. The van der Waals surface area contributed by atoms with Crippen LogP contribution in [0.2, 0.25) is 0 Å². The third-order valence-corrected chi connectivity index (χ3v) is 6.02. The van der Waals surface area contributed by atoms with Crippen LogP contribution in [0.5, 0.6) is 0 Å². The first kappa shape index (κ1) is 15.3. The molecule has 7 heteroatoms. The van der Waals surface area contributed by atoms with Crippen LogP contribution < -0.4 is 0 Å². The molecule has 1 amide bonds. The zero-order valence-electron chi connectivity index (χ0n) is 11.5. The minimum Gasteiger partial charge on any atom is -0.481 e. The van der Waals surface area contributed by atoms with Gasteiger partial charge in [0.15, 0.2) is 9.84 Å². The summed E-state index contributed by atoms with van der Waals surface area (Å²) in [6.07, 6.45) is 3.75. The fourth-order valence-electron chi connectivity index (χ4n) is 3.26. The van der Waals surface area contributed by atoms with E-state index in [9.17, 15) is 18.0 Å². The van der Waals surface area contributed by atoms with Crippen molar-refractivity contribution in [1.82, 2.24) is 4.90 Å². The van der Waals surface area contributed by atoms with Crippen LogP contribution in [0.3, 0.4) is 0 Å². The second-order valence-electron chi connectivity index (χ2n) is 5.99. The summed E-state index contributed by atoms with van der Waals surface area (Å²) < 4.78 is 22.7. The molecule has 0 aromatic carbocycles. The molecule has 0 unspecified atom stereocenters.